The number of hydrogen-bond donors (Lipinski definition) is 5. The summed E-state index contributed by atoms with van der Waals surface area (Å²) >= 11 is 0. The van der Waals surface area contributed by atoms with Crippen LogP contribution in [0.25, 0.3) is 10.9 Å². The lowest BCUT2D eigenvalue weighted by molar-refractivity contribution is -0.156. The number of carbonyl (C=O) groups excluding carboxylic acids is 3. The largest absolute Gasteiger partial charge is 0.507 e. The van der Waals surface area contributed by atoms with E-state index in [4.69, 9.17) is 15.2 Å². The molecule has 1 unspecified atom stereocenters. The highest BCUT2D eigenvalue weighted by Gasteiger charge is 2.26. The number of H-pyrrole nitrogens is 1. The summed E-state index contributed by atoms with van der Waals surface area (Å²) in [5, 5.41) is 14.9. The van der Waals surface area contributed by atoms with Crippen molar-refractivity contribution in [3.8, 4) is 11.5 Å². The Balaban J connectivity index is 0.000000278. The number of rotatable bonds is 8. The van der Waals surface area contributed by atoms with E-state index in [1.165, 1.54) is 45.2 Å². The zero-order chi connectivity index (χ0) is 36.8. The third-order valence-electron chi connectivity index (χ3n) is 7.10. The van der Waals surface area contributed by atoms with Gasteiger partial charge in [-0.1, -0.05) is 18.2 Å². The molecule has 0 bridgehead atoms. The first-order valence-electron chi connectivity index (χ1n) is 15.0. The van der Waals surface area contributed by atoms with Crippen molar-refractivity contribution in [1.82, 2.24) is 20.2 Å². The topological polar surface area (TPSA) is 195 Å². The van der Waals surface area contributed by atoms with Crippen LogP contribution < -0.4 is 32.4 Å². The second-order valence-corrected chi connectivity index (χ2v) is 12.0. The molecule has 0 spiro atoms. The van der Waals surface area contributed by atoms with E-state index in [-0.39, 0.29) is 33.5 Å². The van der Waals surface area contributed by atoms with Crippen LogP contribution >= 0.6 is 0 Å². The predicted molar refractivity (Wildman–Crippen MR) is 178 cm³/mol. The van der Waals surface area contributed by atoms with Crippen LogP contribution in [0.5, 0.6) is 11.5 Å². The van der Waals surface area contributed by atoms with Gasteiger partial charge in [-0.25, -0.2) is 22.9 Å². The molecule has 0 saturated carbocycles. The van der Waals surface area contributed by atoms with Crippen molar-refractivity contribution in [3.05, 3.63) is 98.2 Å². The number of phenols is 1. The Morgan fingerprint density at radius 3 is 2.24 bits per heavy atom. The maximum absolute atomic E-state index is 13.9. The molecule has 1 heterocycles. The number of halogens is 2. The van der Waals surface area contributed by atoms with Crippen molar-refractivity contribution >= 4 is 34.4 Å². The van der Waals surface area contributed by atoms with Gasteiger partial charge < -0.3 is 35.9 Å². The number of nitrogens with one attached hydrogen (secondary N) is 3. The van der Waals surface area contributed by atoms with E-state index in [0.29, 0.717) is 16.4 Å². The highest BCUT2D eigenvalue weighted by Crippen LogP contribution is 2.24. The number of nitrogen functional groups attached to an aromatic ring is 1. The fraction of sp³-hybridized carbons (Fsp3) is 0.324. The van der Waals surface area contributed by atoms with Crippen molar-refractivity contribution in [2.75, 3.05) is 12.8 Å². The van der Waals surface area contributed by atoms with E-state index in [0.717, 1.165) is 6.07 Å². The number of aromatic nitrogens is 2. The molecule has 15 heteroatoms. The molecular formula is C34H39F2N5O8. The average Bonchev–Trinajstić information content (AvgIpc) is 2.99. The Bertz CT molecular complexity index is 1990. The molecular weight excluding hydrogens is 644 g/mol. The van der Waals surface area contributed by atoms with Crippen molar-refractivity contribution < 1.29 is 37.7 Å². The molecule has 262 valence electrons. The van der Waals surface area contributed by atoms with Gasteiger partial charge in [0.1, 0.15) is 51.8 Å². The van der Waals surface area contributed by atoms with Crippen LogP contribution in [0.15, 0.2) is 64.2 Å². The van der Waals surface area contributed by atoms with Crippen molar-refractivity contribution in [2.45, 2.75) is 65.3 Å². The summed E-state index contributed by atoms with van der Waals surface area (Å²) in [6.45, 7) is 9.65. The Labute approximate surface area is 280 Å². The highest BCUT2D eigenvalue weighted by atomic mass is 19.1. The standard InChI is InChI=1S/C19H17F2N3O4.C15H22N2O4/c1-9(12-7-6-11(20)8-13(12)21)22-17(26)10(2)24-18(27)16-14(23-19(24)28)4-3-5-15(16)25;1-9(14(19)21-15(2,3)4)17-13(18)12-10(16)7-6-8-11(12)20-5/h3-10,25H,1-2H3,(H,22,26)(H,23,28);6-9H,16H2,1-5H3,(H,17,18)/t9-,10+;/m0./s1. The maximum atomic E-state index is 13.9. The number of benzene rings is 3. The summed E-state index contributed by atoms with van der Waals surface area (Å²) in [5.41, 5.74) is 4.20. The van der Waals surface area contributed by atoms with Gasteiger partial charge in [0.25, 0.3) is 11.5 Å². The van der Waals surface area contributed by atoms with Crippen LogP contribution in [0.2, 0.25) is 0 Å². The van der Waals surface area contributed by atoms with Gasteiger partial charge in [0.2, 0.25) is 5.91 Å². The van der Waals surface area contributed by atoms with Gasteiger partial charge in [-0.3, -0.25) is 14.4 Å². The fourth-order valence-electron chi connectivity index (χ4n) is 4.67. The quantitative estimate of drug-likeness (QED) is 0.135. The number of carbonyl (C=O) groups is 3. The number of esters is 1. The second kappa shape index (κ2) is 15.4. The first-order valence-corrected chi connectivity index (χ1v) is 15.0. The number of phenolic OH excluding ortho intramolecular Hbond substituents is 1. The zero-order valence-electron chi connectivity index (χ0n) is 28.0. The summed E-state index contributed by atoms with van der Waals surface area (Å²) in [6, 6.07) is 9.20. The molecule has 6 N–H and O–H groups in total. The van der Waals surface area contributed by atoms with Crippen LogP contribution in [0.1, 0.15) is 69.5 Å². The second-order valence-electron chi connectivity index (χ2n) is 12.0. The van der Waals surface area contributed by atoms with Crippen LogP contribution in [0.4, 0.5) is 14.5 Å². The maximum Gasteiger partial charge on any atom is 0.329 e. The molecule has 13 nitrogen and oxygen atoms in total. The number of ether oxygens (including phenoxy) is 2. The van der Waals surface area contributed by atoms with Gasteiger partial charge in [0, 0.05) is 17.3 Å². The molecule has 0 aliphatic carbocycles. The highest BCUT2D eigenvalue weighted by molar-refractivity contribution is 6.03. The molecule has 49 heavy (non-hydrogen) atoms. The molecule has 4 aromatic rings. The van der Waals surface area contributed by atoms with E-state index in [1.807, 2.05) is 0 Å². The Kier molecular flexibility index (Phi) is 11.9. The summed E-state index contributed by atoms with van der Waals surface area (Å²) < 4.78 is 37.9. The number of hydrogen-bond acceptors (Lipinski definition) is 9. The van der Waals surface area contributed by atoms with Crippen molar-refractivity contribution in [2.24, 2.45) is 0 Å². The fourth-order valence-corrected chi connectivity index (χ4v) is 4.67. The van der Waals surface area contributed by atoms with Gasteiger partial charge in [-0.15, -0.1) is 0 Å². The third kappa shape index (κ3) is 9.21. The lowest BCUT2D eigenvalue weighted by Gasteiger charge is -2.23. The lowest BCUT2D eigenvalue weighted by atomic mass is 10.1. The van der Waals surface area contributed by atoms with Crippen molar-refractivity contribution in [1.29, 1.82) is 0 Å². The molecule has 3 atom stereocenters. The minimum atomic E-state index is -1.24. The number of aromatic hydroxyl groups is 1. The average molecular weight is 684 g/mol. The van der Waals surface area contributed by atoms with E-state index >= 15 is 0 Å². The SMILES string of the molecule is COc1cccc(N)c1C(=O)NC(C)C(=O)OC(C)(C)C.C[C@H](NC(=O)[C@@H](C)n1c(=O)[nH]c2cccc(O)c2c1=O)c1ccc(F)cc1F. The number of amides is 2. The molecule has 0 saturated heterocycles. The van der Waals surface area contributed by atoms with Gasteiger partial charge in [0.05, 0.1) is 18.7 Å². The molecule has 2 amide bonds. The number of fused-ring (bicyclic) bond motifs is 1. The Morgan fingerprint density at radius 2 is 1.63 bits per heavy atom. The van der Waals surface area contributed by atoms with E-state index < -0.39 is 64.4 Å². The first kappa shape index (κ1) is 37.7. The predicted octanol–water partition coefficient (Wildman–Crippen LogP) is 3.85. The van der Waals surface area contributed by atoms with Crippen molar-refractivity contribution in [3.63, 3.8) is 0 Å². The molecule has 0 aliphatic heterocycles. The smallest absolute Gasteiger partial charge is 0.329 e. The normalized spacial score (nSPS) is 12.9. The van der Waals surface area contributed by atoms with Gasteiger partial charge in [-0.05, 0) is 71.9 Å². The molecule has 0 radical (unpaired) electrons. The summed E-state index contributed by atoms with van der Waals surface area (Å²) in [4.78, 5) is 64.1. The van der Waals surface area contributed by atoms with Gasteiger partial charge >= 0.3 is 11.7 Å². The number of aromatic amines is 1. The van der Waals surface area contributed by atoms with Crippen LogP contribution in [0.3, 0.4) is 0 Å². The Morgan fingerprint density at radius 1 is 0.980 bits per heavy atom. The number of anilines is 1. The first-order chi connectivity index (χ1) is 22.9. The zero-order valence-corrected chi connectivity index (χ0v) is 28.0. The molecule has 0 fully saturated rings. The number of nitrogens with zero attached hydrogens (tertiary/aromatic N) is 1. The van der Waals surface area contributed by atoms with Crippen LogP contribution in [-0.4, -0.2) is 51.2 Å². The summed E-state index contributed by atoms with van der Waals surface area (Å²) in [6.07, 6.45) is 0. The lowest BCUT2D eigenvalue weighted by Crippen LogP contribution is -2.44. The van der Waals surface area contributed by atoms with E-state index in [9.17, 15) is 37.9 Å². The summed E-state index contributed by atoms with van der Waals surface area (Å²) in [7, 11) is 1.45. The molecule has 3 aromatic carbocycles. The monoisotopic (exact) mass is 683 g/mol. The van der Waals surface area contributed by atoms with Gasteiger partial charge in [0.15, 0.2) is 0 Å². The summed E-state index contributed by atoms with van der Waals surface area (Å²) in [5.74, 6) is -3.27. The van der Waals surface area contributed by atoms with Crippen LogP contribution in [-0.2, 0) is 14.3 Å². The Hall–Kier alpha value is -5.73. The molecule has 0 aliphatic rings. The van der Waals surface area contributed by atoms with Crippen LogP contribution in [0, 0.1) is 11.6 Å². The van der Waals surface area contributed by atoms with E-state index in [1.54, 1.807) is 45.9 Å². The minimum Gasteiger partial charge on any atom is -0.507 e. The van der Waals surface area contributed by atoms with Gasteiger partial charge in [-0.2, -0.15) is 0 Å². The minimum absolute atomic E-state index is 0.0550. The number of methoxy groups -OCH3 is 1. The molecule has 1 aromatic heterocycles. The van der Waals surface area contributed by atoms with E-state index in [2.05, 4.69) is 15.6 Å². The number of nitrogens with two attached hydrogens (primary N) is 1. The third-order valence-corrected chi connectivity index (χ3v) is 7.10. The molecule has 4 rings (SSSR count).